The van der Waals surface area contributed by atoms with Crippen LogP contribution >= 0.6 is 0 Å². The van der Waals surface area contributed by atoms with Crippen LogP contribution in [0.2, 0.25) is 0 Å². The Hall–Kier alpha value is -1.35. The molecule has 1 saturated carbocycles. The zero-order valence-electron chi connectivity index (χ0n) is 11.7. The predicted octanol–water partition coefficient (Wildman–Crippen LogP) is 3.56. The maximum atomic E-state index is 5.73. The number of nitrogens with two attached hydrogens (primary N) is 1. The van der Waals surface area contributed by atoms with E-state index in [2.05, 4.69) is 29.7 Å². The number of aryl methyl sites for hydroxylation is 1. The second-order valence-electron chi connectivity index (χ2n) is 5.57. The summed E-state index contributed by atoms with van der Waals surface area (Å²) in [5, 5.41) is 0. The lowest BCUT2D eigenvalue weighted by molar-refractivity contribution is 0.353. The van der Waals surface area contributed by atoms with Gasteiger partial charge >= 0.3 is 0 Å². The van der Waals surface area contributed by atoms with Gasteiger partial charge in [-0.25, -0.2) is 4.98 Å². The monoisotopic (exact) mass is 257 g/mol. The van der Waals surface area contributed by atoms with Crippen molar-refractivity contribution in [1.82, 2.24) is 9.55 Å². The van der Waals surface area contributed by atoms with Crippen molar-refractivity contribution in [1.29, 1.82) is 0 Å². The lowest BCUT2D eigenvalue weighted by Gasteiger charge is -2.25. The average Bonchev–Trinajstić information content (AvgIpc) is 2.85. The minimum Gasteiger partial charge on any atom is -0.326 e. The SMILES string of the molecule is CCc1nc2cc(CN)ccc2n1C1CCCCC1. The van der Waals surface area contributed by atoms with Gasteiger partial charge in [-0.3, -0.25) is 0 Å². The van der Waals surface area contributed by atoms with E-state index in [0.717, 1.165) is 11.9 Å². The molecule has 1 aliphatic rings. The van der Waals surface area contributed by atoms with Crippen LogP contribution in [0.5, 0.6) is 0 Å². The summed E-state index contributed by atoms with van der Waals surface area (Å²) in [7, 11) is 0. The third kappa shape index (κ3) is 2.27. The highest BCUT2D eigenvalue weighted by molar-refractivity contribution is 5.77. The van der Waals surface area contributed by atoms with Crippen molar-refractivity contribution in [2.75, 3.05) is 0 Å². The minimum atomic E-state index is 0.591. The zero-order valence-corrected chi connectivity index (χ0v) is 11.7. The van der Waals surface area contributed by atoms with E-state index in [1.54, 1.807) is 0 Å². The fourth-order valence-electron chi connectivity index (χ4n) is 3.32. The minimum absolute atomic E-state index is 0.591. The van der Waals surface area contributed by atoms with Crippen molar-refractivity contribution < 1.29 is 0 Å². The second-order valence-corrected chi connectivity index (χ2v) is 5.57. The van der Waals surface area contributed by atoms with Gasteiger partial charge in [0.1, 0.15) is 5.82 Å². The summed E-state index contributed by atoms with van der Waals surface area (Å²) in [5.41, 5.74) is 9.30. The Labute approximate surface area is 114 Å². The van der Waals surface area contributed by atoms with Gasteiger partial charge < -0.3 is 10.3 Å². The van der Waals surface area contributed by atoms with E-state index in [1.165, 1.54) is 49.0 Å². The Bertz CT molecular complexity index is 565. The van der Waals surface area contributed by atoms with Gasteiger partial charge in [-0.2, -0.15) is 0 Å². The molecule has 0 amide bonds. The molecular weight excluding hydrogens is 234 g/mol. The first-order valence-electron chi connectivity index (χ1n) is 7.53. The Morgan fingerprint density at radius 1 is 1.26 bits per heavy atom. The molecule has 3 nitrogen and oxygen atoms in total. The summed E-state index contributed by atoms with van der Waals surface area (Å²) in [6, 6.07) is 7.15. The fourth-order valence-corrected chi connectivity index (χ4v) is 3.32. The summed E-state index contributed by atoms with van der Waals surface area (Å²) in [5.74, 6) is 1.23. The molecule has 1 fully saturated rings. The average molecular weight is 257 g/mol. The Balaban J connectivity index is 2.09. The van der Waals surface area contributed by atoms with Gasteiger partial charge in [0.2, 0.25) is 0 Å². The molecule has 1 aromatic carbocycles. The van der Waals surface area contributed by atoms with Crippen LogP contribution in [0.25, 0.3) is 11.0 Å². The van der Waals surface area contributed by atoms with Crippen LogP contribution in [-0.2, 0) is 13.0 Å². The van der Waals surface area contributed by atoms with Crippen molar-refractivity contribution >= 4 is 11.0 Å². The highest BCUT2D eigenvalue weighted by atomic mass is 15.1. The molecule has 0 unspecified atom stereocenters. The molecule has 1 aliphatic carbocycles. The molecule has 3 rings (SSSR count). The number of hydrogen-bond donors (Lipinski definition) is 1. The predicted molar refractivity (Wildman–Crippen MR) is 79.1 cm³/mol. The summed E-state index contributed by atoms with van der Waals surface area (Å²) in [6.45, 7) is 2.79. The summed E-state index contributed by atoms with van der Waals surface area (Å²) >= 11 is 0. The molecule has 102 valence electrons. The molecule has 0 bridgehead atoms. The highest BCUT2D eigenvalue weighted by Gasteiger charge is 2.20. The molecular formula is C16H23N3. The van der Waals surface area contributed by atoms with Crippen LogP contribution in [0.4, 0.5) is 0 Å². The summed E-state index contributed by atoms with van der Waals surface area (Å²) < 4.78 is 2.49. The maximum absolute atomic E-state index is 5.73. The Morgan fingerprint density at radius 3 is 2.74 bits per heavy atom. The van der Waals surface area contributed by atoms with Gasteiger partial charge in [0.05, 0.1) is 11.0 Å². The van der Waals surface area contributed by atoms with Crippen molar-refractivity contribution in [3.05, 3.63) is 29.6 Å². The first kappa shape index (κ1) is 12.7. The van der Waals surface area contributed by atoms with E-state index in [0.29, 0.717) is 12.6 Å². The molecule has 2 aromatic rings. The molecule has 0 atom stereocenters. The van der Waals surface area contributed by atoms with Crippen molar-refractivity contribution in [2.45, 2.75) is 58.0 Å². The molecule has 1 heterocycles. The van der Waals surface area contributed by atoms with E-state index in [9.17, 15) is 0 Å². The molecule has 0 aliphatic heterocycles. The summed E-state index contributed by atoms with van der Waals surface area (Å²) in [6.07, 6.45) is 7.71. The lowest BCUT2D eigenvalue weighted by atomic mass is 9.95. The van der Waals surface area contributed by atoms with Gasteiger partial charge in [0.25, 0.3) is 0 Å². The topological polar surface area (TPSA) is 43.8 Å². The van der Waals surface area contributed by atoms with Crippen LogP contribution in [-0.4, -0.2) is 9.55 Å². The van der Waals surface area contributed by atoms with E-state index in [-0.39, 0.29) is 0 Å². The van der Waals surface area contributed by atoms with Gasteiger partial charge in [0.15, 0.2) is 0 Å². The number of rotatable bonds is 3. The molecule has 0 spiro atoms. The van der Waals surface area contributed by atoms with Crippen LogP contribution in [0, 0.1) is 0 Å². The molecule has 0 saturated heterocycles. The second kappa shape index (κ2) is 5.33. The van der Waals surface area contributed by atoms with Gasteiger partial charge in [0, 0.05) is 19.0 Å². The van der Waals surface area contributed by atoms with Gasteiger partial charge in [-0.1, -0.05) is 32.3 Å². The third-order valence-corrected chi connectivity index (χ3v) is 4.32. The number of fused-ring (bicyclic) bond motifs is 1. The molecule has 2 N–H and O–H groups in total. The highest BCUT2D eigenvalue weighted by Crippen LogP contribution is 2.32. The molecule has 3 heteroatoms. The van der Waals surface area contributed by atoms with Crippen LogP contribution in [0.15, 0.2) is 18.2 Å². The number of nitrogens with zero attached hydrogens (tertiary/aromatic N) is 2. The molecule has 1 aromatic heterocycles. The van der Waals surface area contributed by atoms with Gasteiger partial charge in [-0.15, -0.1) is 0 Å². The smallest absolute Gasteiger partial charge is 0.109 e. The first-order valence-corrected chi connectivity index (χ1v) is 7.53. The van der Waals surface area contributed by atoms with Crippen molar-refractivity contribution in [3.63, 3.8) is 0 Å². The largest absolute Gasteiger partial charge is 0.326 e. The lowest BCUT2D eigenvalue weighted by Crippen LogP contribution is -2.15. The Kier molecular flexibility index (Phi) is 3.56. The van der Waals surface area contributed by atoms with Crippen molar-refractivity contribution in [2.24, 2.45) is 5.73 Å². The Morgan fingerprint density at radius 2 is 2.05 bits per heavy atom. The van der Waals surface area contributed by atoms with Crippen LogP contribution < -0.4 is 5.73 Å². The quantitative estimate of drug-likeness (QED) is 0.913. The first-order chi connectivity index (χ1) is 9.33. The van der Waals surface area contributed by atoms with E-state index < -0.39 is 0 Å². The number of aromatic nitrogens is 2. The molecule has 0 radical (unpaired) electrons. The summed E-state index contributed by atoms with van der Waals surface area (Å²) in [4.78, 5) is 4.82. The standard InChI is InChI=1S/C16H23N3/c1-2-16-18-14-10-12(11-17)8-9-15(14)19(16)13-6-4-3-5-7-13/h8-10,13H,2-7,11,17H2,1H3. The van der Waals surface area contributed by atoms with Crippen molar-refractivity contribution in [3.8, 4) is 0 Å². The zero-order chi connectivity index (χ0) is 13.2. The van der Waals surface area contributed by atoms with Crippen LogP contribution in [0.1, 0.15) is 56.5 Å². The maximum Gasteiger partial charge on any atom is 0.109 e. The number of benzene rings is 1. The normalized spacial score (nSPS) is 17.2. The fraction of sp³-hybridized carbons (Fsp3) is 0.562. The van der Waals surface area contributed by atoms with E-state index >= 15 is 0 Å². The molecule has 19 heavy (non-hydrogen) atoms. The van der Waals surface area contributed by atoms with Gasteiger partial charge in [-0.05, 0) is 30.5 Å². The van der Waals surface area contributed by atoms with Crippen LogP contribution in [0.3, 0.4) is 0 Å². The van der Waals surface area contributed by atoms with E-state index in [1.807, 2.05) is 0 Å². The number of hydrogen-bond acceptors (Lipinski definition) is 2. The number of imidazole rings is 1. The third-order valence-electron chi connectivity index (χ3n) is 4.32. The van der Waals surface area contributed by atoms with E-state index in [4.69, 9.17) is 10.7 Å².